The predicted octanol–water partition coefficient (Wildman–Crippen LogP) is 6.13. The zero-order chi connectivity index (χ0) is 26.1. The third kappa shape index (κ3) is 5.69. The lowest BCUT2D eigenvalue weighted by molar-refractivity contribution is -0.146. The van der Waals surface area contributed by atoms with E-state index in [0.29, 0.717) is 42.1 Å². The van der Waals surface area contributed by atoms with Crippen molar-refractivity contribution in [1.29, 1.82) is 0 Å². The highest BCUT2D eigenvalue weighted by Gasteiger charge is 2.60. The van der Waals surface area contributed by atoms with E-state index in [1.165, 1.54) is 20.0 Å². The van der Waals surface area contributed by atoms with Crippen LogP contribution in [0.1, 0.15) is 66.7 Å². The van der Waals surface area contributed by atoms with Crippen LogP contribution >= 0.6 is 0 Å². The van der Waals surface area contributed by atoms with Crippen molar-refractivity contribution in [3.8, 4) is 11.8 Å². The van der Waals surface area contributed by atoms with Crippen molar-refractivity contribution in [2.24, 2.45) is 47.3 Å². The van der Waals surface area contributed by atoms with Gasteiger partial charge in [-0.15, -0.1) is 0 Å². The predicted molar refractivity (Wildman–Crippen MR) is 142 cm³/mol. The first-order valence-corrected chi connectivity index (χ1v) is 16.6. The molecule has 0 aromatic carbocycles. The molecule has 35 heavy (non-hydrogen) atoms. The first kappa shape index (κ1) is 28.7. The monoisotopic (exact) mass is 506 g/mol. The fraction of sp³-hybridized carbons (Fsp3) is 0.897. The molecule has 6 heteroatoms. The molecule has 0 amide bonds. The molecule has 0 aliphatic heterocycles. The molecule has 0 unspecified atom stereocenters. The number of carbonyl (C=O) groups is 1. The molecule has 3 saturated carbocycles. The van der Waals surface area contributed by atoms with Gasteiger partial charge >= 0.3 is 5.97 Å². The zero-order valence-electron chi connectivity index (χ0n) is 23.9. The van der Waals surface area contributed by atoms with Crippen LogP contribution in [-0.2, 0) is 23.4 Å². The number of ether oxygens (including phenoxy) is 3. The third-order valence-corrected chi connectivity index (χ3v) is 14.8. The number of hydrogen-bond acceptors (Lipinski definition) is 5. The van der Waals surface area contributed by atoms with Crippen LogP contribution in [0.2, 0.25) is 18.1 Å². The van der Waals surface area contributed by atoms with Gasteiger partial charge in [-0.25, -0.2) is 4.79 Å². The van der Waals surface area contributed by atoms with E-state index in [-0.39, 0.29) is 17.2 Å². The molecule has 0 radical (unpaired) electrons. The summed E-state index contributed by atoms with van der Waals surface area (Å²) in [6.45, 7) is 16.7. The molecule has 200 valence electrons. The minimum atomic E-state index is -1.92. The van der Waals surface area contributed by atoms with E-state index >= 15 is 0 Å². The Hall–Kier alpha value is -0.873. The van der Waals surface area contributed by atoms with Crippen LogP contribution < -0.4 is 0 Å². The average Bonchev–Trinajstić information content (AvgIpc) is 3.31. The standard InChI is InChI=1S/C29H50O5Si/c1-11-19-18(2)15-23-21-16-24(28(32-7)33-8)20(13-12-14-26(30)31-6)22(21)17-25(27(19)23)34-35(9,10)29(3,4)5/h18-25,27-28H,11,13,15-17H2,1-10H3/t18-,19-,20-,21+,22-,23-,24-,25-,27+/m1/s1. The molecule has 3 rings (SSSR count). The quantitative estimate of drug-likeness (QED) is 0.137. The van der Waals surface area contributed by atoms with Gasteiger partial charge in [-0.1, -0.05) is 47.0 Å². The van der Waals surface area contributed by atoms with E-state index in [2.05, 4.69) is 59.6 Å². The van der Waals surface area contributed by atoms with Crippen LogP contribution in [0.15, 0.2) is 0 Å². The second kappa shape index (κ2) is 11.3. The molecule has 9 atom stereocenters. The minimum absolute atomic E-state index is 0.187. The minimum Gasteiger partial charge on any atom is -0.459 e. The van der Waals surface area contributed by atoms with Crippen molar-refractivity contribution in [2.45, 2.75) is 97.2 Å². The Bertz CT molecular complexity index is 789. The van der Waals surface area contributed by atoms with Gasteiger partial charge < -0.3 is 18.6 Å². The second-order valence-corrected chi connectivity index (χ2v) is 17.7. The summed E-state index contributed by atoms with van der Waals surface area (Å²) in [5.41, 5.74) is 0. The Labute approximate surface area is 215 Å². The van der Waals surface area contributed by atoms with E-state index < -0.39 is 14.3 Å². The summed E-state index contributed by atoms with van der Waals surface area (Å²) in [4.78, 5) is 11.7. The lowest BCUT2D eigenvalue weighted by atomic mass is 9.64. The van der Waals surface area contributed by atoms with Gasteiger partial charge in [0.25, 0.3) is 0 Å². The van der Waals surface area contributed by atoms with Crippen LogP contribution in [0.3, 0.4) is 0 Å². The van der Waals surface area contributed by atoms with Gasteiger partial charge in [-0.2, -0.15) is 0 Å². The molecule has 0 aromatic rings. The fourth-order valence-electron chi connectivity index (χ4n) is 7.75. The Morgan fingerprint density at radius 1 is 1.00 bits per heavy atom. The molecule has 0 saturated heterocycles. The van der Waals surface area contributed by atoms with Gasteiger partial charge in [0.1, 0.15) is 0 Å². The van der Waals surface area contributed by atoms with E-state index in [1.807, 2.05) is 0 Å². The summed E-state index contributed by atoms with van der Waals surface area (Å²) in [6, 6.07) is 0. The first-order chi connectivity index (χ1) is 16.4. The molecule has 0 bridgehead atoms. The fourth-order valence-corrected chi connectivity index (χ4v) is 9.11. The van der Waals surface area contributed by atoms with Gasteiger partial charge in [-0.3, -0.25) is 0 Å². The maximum Gasteiger partial charge on any atom is 0.384 e. The summed E-state index contributed by atoms with van der Waals surface area (Å²) < 4.78 is 23.6. The normalized spacial score (nSPS) is 36.9. The maximum atomic E-state index is 11.7. The van der Waals surface area contributed by atoms with Crippen molar-refractivity contribution in [1.82, 2.24) is 0 Å². The summed E-state index contributed by atoms with van der Waals surface area (Å²) >= 11 is 0. The lowest BCUT2D eigenvalue weighted by Crippen LogP contribution is -2.51. The Balaban J connectivity index is 1.98. The highest BCUT2D eigenvalue weighted by molar-refractivity contribution is 6.74. The highest BCUT2D eigenvalue weighted by Crippen LogP contribution is 2.62. The highest BCUT2D eigenvalue weighted by atomic mass is 28.4. The summed E-state index contributed by atoms with van der Waals surface area (Å²) in [6.07, 6.45) is 5.44. The van der Waals surface area contributed by atoms with Gasteiger partial charge in [-0.05, 0) is 78.8 Å². The molecule has 3 aliphatic rings. The van der Waals surface area contributed by atoms with E-state index in [0.717, 1.165) is 24.7 Å². The van der Waals surface area contributed by atoms with Gasteiger partial charge in [0.15, 0.2) is 14.6 Å². The number of fused-ring (bicyclic) bond motifs is 3. The summed E-state index contributed by atoms with van der Waals surface area (Å²) in [5, 5.41) is 0.187. The van der Waals surface area contributed by atoms with E-state index in [1.54, 1.807) is 14.2 Å². The molecule has 0 aromatic heterocycles. The van der Waals surface area contributed by atoms with Crippen molar-refractivity contribution in [3.63, 3.8) is 0 Å². The lowest BCUT2D eigenvalue weighted by Gasteiger charge is -2.49. The zero-order valence-corrected chi connectivity index (χ0v) is 24.9. The Kier molecular flexibility index (Phi) is 9.22. The van der Waals surface area contributed by atoms with Gasteiger partial charge in [0, 0.05) is 38.6 Å². The Morgan fingerprint density at radius 3 is 2.20 bits per heavy atom. The van der Waals surface area contributed by atoms with Crippen LogP contribution in [-0.4, -0.2) is 48.0 Å². The van der Waals surface area contributed by atoms with Crippen LogP contribution in [0.4, 0.5) is 0 Å². The molecule has 3 aliphatic carbocycles. The summed E-state index contributed by atoms with van der Waals surface area (Å²) in [7, 11) is 2.94. The SMILES string of the molecule is CC[C@H]1[C@H]2[C@H](C[C@H]1C)[C@H]1C[C@@H](C(OC)OC)[C@H](CC#CC(=O)OC)[C@H]1C[C@H]2O[Si](C)(C)C(C)(C)C. The topological polar surface area (TPSA) is 54.0 Å². The smallest absolute Gasteiger partial charge is 0.384 e. The molecular weight excluding hydrogens is 456 g/mol. The maximum absolute atomic E-state index is 11.7. The summed E-state index contributed by atoms with van der Waals surface area (Å²) in [5.74, 6) is 9.88. The Morgan fingerprint density at radius 2 is 1.66 bits per heavy atom. The van der Waals surface area contributed by atoms with Crippen molar-refractivity contribution in [3.05, 3.63) is 0 Å². The molecule has 5 nitrogen and oxygen atoms in total. The molecular formula is C29H50O5Si. The third-order valence-electron chi connectivity index (χ3n) is 10.3. The van der Waals surface area contributed by atoms with Gasteiger partial charge in [0.05, 0.1) is 7.11 Å². The van der Waals surface area contributed by atoms with Crippen LogP contribution in [0.5, 0.6) is 0 Å². The molecule has 3 fully saturated rings. The number of methoxy groups -OCH3 is 3. The molecule has 0 heterocycles. The van der Waals surface area contributed by atoms with Crippen molar-refractivity contribution in [2.75, 3.05) is 21.3 Å². The second-order valence-electron chi connectivity index (χ2n) is 12.9. The van der Waals surface area contributed by atoms with E-state index in [4.69, 9.17) is 18.6 Å². The van der Waals surface area contributed by atoms with Crippen LogP contribution in [0.25, 0.3) is 0 Å². The largest absolute Gasteiger partial charge is 0.459 e. The van der Waals surface area contributed by atoms with E-state index in [9.17, 15) is 4.79 Å². The number of carbonyl (C=O) groups excluding carboxylic acids is 1. The van der Waals surface area contributed by atoms with Crippen LogP contribution in [0, 0.1) is 59.2 Å². The average molecular weight is 507 g/mol. The number of esters is 1. The van der Waals surface area contributed by atoms with Gasteiger partial charge in [0.2, 0.25) is 0 Å². The van der Waals surface area contributed by atoms with Crippen molar-refractivity contribution < 1.29 is 23.4 Å². The first-order valence-electron chi connectivity index (χ1n) is 13.7. The number of hydrogen-bond donors (Lipinski definition) is 0. The molecule has 0 N–H and O–H groups in total. The number of rotatable bonds is 7. The molecule has 0 spiro atoms. The van der Waals surface area contributed by atoms with Crippen molar-refractivity contribution >= 4 is 14.3 Å².